The summed E-state index contributed by atoms with van der Waals surface area (Å²) in [6, 6.07) is 14.6. The van der Waals surface area contributed by atoms with E-state index in [9.17, 15) is 9.59 Å². The van der Waals surface area contributed by atoms with Crippen molar-refractivity contribution in [3.05, 3.63) is 48.5 Å². The van der Waals surface area contributed by atoms with Crippen molar-refractivity contribution in [3.63, 3.8) is 0 Å². The molecule has 0 aromatic heterocycles. The van der Waals surface area contributed by atoms with E-state index < -0.39 is 0 Å². The molecule has 0 bridgehead atoms. The maximum absolute atomic E-state index is 12.1. The van der Waals surface area contributed by atoms with Crippen LogP contribution >= 0.6 is 0 Å². The minimum Gasteiger partial charge on any atom is -0.494 e. The minimum atomic E-state index is -0.171. The van der Waals surface area contributed by atoms with Gasteiger partial charge in [0.25, 0.3) is 0 Å². The molecule has 0 spiro atoms. The molecule has 0 unspecified atom stereocenters. The SMILES string of the molecule is CCCOc1ccc(NCC(=O)Nc2cccc(NC(=O)CC)c2)cc1. The Labute approximate surface area is 153 Å². The molecule has 138 valence electrons. The molecule has 0 saturated heterocycles. The first kappa shape index (κ1) is 19.3. The van der Waals surface area contributed by atoms with Gasteiger partial charge in [0.2, 0.25) is 11.8 Å². The number of hydrogen-bond acceptors (Lipinski definition) is 4. The highest BCUT2D eigenvalue weighted by Gasteiger charge is 2.05. The zero-order chi connectivity index (χ0) is 18.8. The standard InChI is InChI=1S/C20H25N3O3/c1-3-12-26-18-10-8-15(9-11-18)21-14-20(25)23-17-7-5-6-16(13-17)22-19(24)4-2/h5-11,13,21H,3-4,12,14H2,1-2H3,(H,22,24)(H,23,25). The summed E-state index contributed by atoms with van der Waals surface area (Å²) in [5.74, 6) is 0.574. The number of carbonyl (C=O) groups excluding carboxylic acids is 2. The molecule has 0 aliphatic carbocycles. The predicted octanol–water partition coefficient (Wildman–Crippen LogP) is 3.87. The summed E-state index contributed by atoms with van der Waals surface area (Å²) in [4.78, 5) is 23.5. The van der Waals surface area contributed by atoms with Crippen molar-refractivity contribution < 1.29 is 14.3 Å². The van der Waals surface area contributed by atoms with E-state index in [1.54, 1.807) is 31.2 Å². The summed E-state index contributed by atoms with van der Waals surface area (Å²) in [5, 5.41) is 8.64. The second kappa shape index (κ2) is 10.1. The third-order valence-electron chi connectivity index (χ3n) is 3.53. The van der Waals surface area contributed by atoms with Crippen LogP contribution in [0.2, 0.25) is 0 Å². The Morgan fingerprint density at radius 2 is 1.54 bits per heavy atom. The molecule has 2 rings (SSSR count). The Bertz CT molecular complexity index is 729. The molecule has 26 heavy (non-hydrogen) atoms. The Kier molecular flexibility index (Phi) is 7.49. The van der Waals surface area contributed by atoms with Crippen LogP contribution in [-0.2, 0) is 9.59 Å². The van der Waals surface area contributed by atoms with Crippen LogP contribution in [0.15, 0.2) is 48.5 Å². The molecule has 6 nitrogen and oxygen atoms in total. The zero-order valence-corrected chi connectivity index (χ0v) is 15.2. The van der Waals surface area contributed by atoms with Crippen LogP contribution in [0.3, 0.4) is 0 Å². The molecule has 6 heteroatoms. The number of benzene rings is 2. The Balaban J connectivity index is 1.83. The molecule has 0 saturated carbocycles. The van der Waals surface area contributed by atoms with Crippen molar-refractivity contribution in [2.45, 2.75) is 26.7 Å². The lowest BCUT2D eigenvalue weighted by atomic mass is 10.2. The number of ether oxygens (including phenoxy) is 1. The summed E-state index contributed by atoms with van der Waals surface area (Å²) < 4.78 is 5.52. The van der Waals surface area contributed by atoms with Gasteiger partial charge in [0.15, 0.2) is 0 Å². The topological polar surface area (TPSA) is 79.5 Å². The van der Waals surface area contributed by atoms with Gasteiger partial charge in [-0.2, -0.15) is 0 Å². The molecule has 0 fully saturated rings. The van der Waals surface area contributed by atoms with Crippen LogP contribution in [0.5, 0.6) is 5.75 Å². The van der Waals surface area contributed by atoms with Gasteiger partial charge >= 0.3 is 0 Å². The van der Waals surface area contributed by atoms with Gasteiger partial charge in [0, 0.05) is 23.5 Å². The zero-order valence-electron chi connectivity index (χ0n) is 15.2. The highest BCUT2D eigenvalue weighted by Crippen LogP contribution is 2.17. The average Bonchev–Trinajstić information content (AvgIpc) is 2.65. The third kappa shape index (κ3) is 6.47. The van der Waals surface area contributed by atoms with Gasteiger partial charge in [0.1, 0.15) is 5.75 Å². The van der Waals surface area contributed by atoms with Crippen molar-refractivity contribution in [1.82, 2.24) is 0 Å². The van der Waals surface area contributed by atoms with Crippen molar-refractivity contribution in [3.8, 4) is 5.75 Å². The van der Waals surface area contributed by atoms with Crippen LogP contribution in [0, 0.1) is 0 Å². The summed E-state index contributed by atoms with van der Waals surface area (Å²) in [5.41, 5.74) is 2.13. The lowest BCUT2D eigenvalue weighted by Gasteiger charge is -2.10. The first-order valence-corrected chi connectivity index (χ1v) is 8.77. The second-order valence-corrected chi connectivity index (χ2v) is 5.76. The summed E-state index contributed by atoms with van der Waals surface area (Å²) in [6.07, 6.45) is 1.37. The van der Waals surface area contributed by atoms with Crippen molar-refractivity contribution in [1.29, 1.82) is 0 Å². The van der Waals surface area contributed by atoms with Gasteiger partial charge in [-0.15, -0.1) is 0 Å². The molecular formula is C20H25N3O3. The maximum Gasteiger partial charge on any atom is 0.243 e. The normalized spacial score (nSPS) is 10.1. The highest BCUT2D eigenvalue weighted by molar-refractivity contribution is 5.95. The van der Waals surface area contributed by atoms with Gasteiger partial charge in [-0.05, 0) is 48.9 Å². The molecule has 0 aliphatic heterocycles. The van der Waals surface area contributed by atoms with Crippen LogP contribution in [0.1, 0.15) is 26.7 Å². The number of anilines is 3. The largest absolute Gasteiger partial charge is 0.494 e. The molecule has 0 aliphatic rings. The lowest BCUT2D eigenvalue weighted by Crippen LogP contribution is -2.21. The lowest BCUT2D eigenvalue weighted by molar-refractivity contribution is -0.116. The number of carbonyl (C=O) groups is 2. The fourth-order valence-electron chi connectivity index (χ4n) is 2.20. The summed E-state index contributed by atoms with van der Waals surface area (Å²) in [7, 11) is 0. The molecule has 3 N–H and O–H groups in total. The second-order valence-electron chi connectivity index (χ2n) is 5.76. The fourth-order valence-corrected chi connectivity index (χ4v) is 2.20. The van der Waals surface area contributed by atoms with E-state index in [1.807, 2.05) is 24.3 Å². The number of nitrogens with one attached hydrogen (secondary N) is 3. The van der Waals surface area contributed by atoms with E-state index >= 15 is 0 Å². The van der Waals surface area contributed by atoms with Gasteiger partial charge in [-0.25, -0.2) is 0 Å². The van der Waals surface area contributed by atoms with E-state index in [2.05, 4.69) is 22.9 Å². The third-order valence-corrected chi connectivity index (χ3v) is 3.53. The average molecular weight is 355 g/mol. The number of rotatable bonds is 9. The Morgan fingerprint density at radius 1 is 0.885 bits per heavy atom. The molecule has 2 aromatic carbocycles. The molecule has 2 aromatic rings. The number of hydrogen-bond donors (Lipinski definition) is 3. The van der Waals surface area contributed by atoms with Gasteiger partial charge in [-0.3, -0.25) is 9.59 Å². The van der Waals surface area contributed by atoms with Gasteiger partial charge in [0.05, 0.1) is 13.2 Å². The molecule has 0 radical (unpaired) electrons. The minimum absolute atomic E-state index is 0.0680. The van der Waals surface area contributed by atoms with Crippen LogP contribution in [-0.4, -0.2) is 25.0 Å². The first-order chi connectivity index (χ1) is 12.6. The van der Waals surface area contributed by atoms with Crippen LogP contribution < -0.4 is 20.7 Å². The quantitative estimate of drug-likeness (QED) is 0.638. The van der Waals surface area contributed by atoms with Crippen molar-refractivity contribution in [2.75, 3.05) is 29.1 Å². The van der Waals surface area contributed by atoms with E-state index in [0.717, 1.165) is 17.9 Å². The van der Waals surface area contributed by atoms with Crippen LogP contribution in [0.4, 0.5) is 17.1 Å². The van der Waals surface area contributed by atoms with E-state index in [1.165, 1.54) is 0 Å². The molecular weight excluding hydrogens is 330 g/mol. The van der Waals surface area contributed by atoms with E-state index in [4.69, 9.17) is 4.74 Å². The first-order valence-electron chi connectivity index (χ1n) is 8.77. The maximum atomic E-state index is 12.1. The van der Waals surface area contributed by atoms with E-state index in [-0.39, 0.29) is 18.4 Å². The van der Waals surface area contributed by atoms with Gasteiger partial charge < -0.3 is 20.7 Å². The smallest absolute Gasteiger partial charge is 0.243 e. The van der Waals surface area contributed by atoms with Crippen molar-refractivity contribution >= 4 is 28.9 Å². The Morgan fingerprint density at radius 3 is 2.15 bits per heavy atom. The molecule has 0 heterocycles. The van der Waals surface area contributed by atoms with Crippen molar-refractivity contribution in [2.24, 2.45) is 0 Å². The molecule has 0 atom stereocenters. The predicted molar refractivity (Wildman–Crippen MR) is 105 cm³/mol. The number of amides is 2. The van der Waals surface area contributed by atoms with Gasteiger partial charge in [-0.1, -0.05) is 19.9 Å². The molecule has 2 amide bonds. The fraction of sp³-hybridized carbons (Fsp3) is 0.300. The van der Waals surface area contributed by atoms with E-state index in [0.29, 0.717) is 24.4 Å². The summed E-state index contributed by atoms with van der Waals surface area (Å²) >= 11 is 0. The van der Waals surface area contributed by atoms with Crippen LogP contribution in [0.25, 0.3) is 0 Å². The Hall–Kier alpha value is -3.02. The highest BCUT2D eigenvalue weighted by atomic mass is 16.5. The monoisotopic (exact) mass is 355 g/mol. The summed E-state index contributed by atoms with van der Waals surface area (Å²) in [6.45, 7) is 4.67.